The Balaban J connectivity index is 1.54. The molecule has 0 atom stereocenters. The lowest BCUT2D eigenvalue weighted by molar-refractivity contribution is -0.140. The minimum Gasteiger partial charge on any atom is -0.342 e. The predicted molar refractivity (Wildman–Crippen MR) is 92.1 cm³/mol. The molecule has 1 N–H and O–H groups in total. The van der Waals surface area contributed by atoms with Gasteiger partial charge in [0.05, 0.1) is 17.6 Å². The molecule has 6 nitrogen and oxygen atoms in total. The van der Waals surface area contributed by atoms with Crippen molar-refractivity contribution in [2.75, 3.05) is 13.1 Å². The van der Waals surface area contributed by atoms with Crippen LogP contribution in [0.5, 0.6) is 0 Å². The molecule has 1 fully saturated rings. The van der Waals surface area contributed by atoms with Crippen LogP contribution in [0.4, 0.5) is 0 Å². The molecule has 0 saturated carbocycles. The van der Waals surface area contributed by atoms with E-state index in [0.717, 1.165) is 49.4 Å². The Bertz CT molecular complexity index is 664. The molecule has 0 unspecified atom stereocenters. The number of aromatic nitrogens is 4. The Morgan fingerprint density at radius 3 is 2.54 bits per heavy atom. The highest BCUT2D eigenvalue weighted by molar-refractivity contribution is 5.81. The molecule has 0 bridgehead atoms. The highest BCUT2D eigenvalue weighted by Gasteiger charge is 2.30. The number of nitrogens with zero attached hydrogens (tertiary/aromatic N) is 4. The third-order valence-electron chi connectivity index (χ3n) is 4.52. The van der Waals surface area contributed by atoms with Gasteiger partial charge in [0.1, 0.15) is 5.69 Å². The van der Waals surface area contributed by atoms with Crippen LogP contribution in [-0.4, -0.2) is 44.1 Å². The van der Waals surface area contributed by atoms with E-state index in [1.165, 1.54) is 0 Å². The average Bonchev–Trinajstić information content (AvgIpc) is 3.09. The van der Waals surface area contributed by atoms with E-state index in [1.54, 1.807) is 12.4 Å². The second kappa shape index (κ2) is 6.71. The van der Waals surface area contributed by atoms with Gasteiger partial charge in [-0.3, -0.25) is 19.9 Å². The van der Waals surface area contributed by atoms with E-state index >= 15 is 0 Å². The largest absolute Gasteiger partial charge is 0.342 e. The monoisotopic (exact) mass is 327 g/mol. The van der Waals surface area contributed by atoms with Crippen LogP contribution in [0.25, 0.3) is 11.4 Å². The summed E-state index contributed by atoms with van der Waals surface area (Å²) in [6.45, 7) is 7.65. The maximum absolute atomic E-state index is 12.3. The molecule has 1 aliphatic rings. The number of piperidine rings is 1. The second-order valence-corrected chi connectivity index (χ2v) is 7.55. The van der Waals surface area contributed by atoms with Crippen LogP contribution in [0.1, 0.15) is 39.3 Å². The lowest BCUT2D eigenvalue weighted by Crippen LogP contribution is -2.44. The zero-order chi connectivity index (χ0) is 17.2. The molecule has 6 heteroatoms. The molecule has 2 aromatic rings. The Labute approximate surface area is 142 Å². The fourth-order valence-electron chi connectivity index (χ4n) is 3.11. The van der Waals surface area contributed by atoms with Crippen molar-refractivity contribution in [1.29, 1.82) is 0 Å². The number of rotatable bonds is 3. The number of hydrogen-bond acceptors (Lipinski definition) is 4. The number of H-pyrrole nitrogens is 1. The molecule has 1 saturated heterocycles. The van der Waals surface area contributed by atoms with Gasteiger partial charge in [-0.2, -0.15) is 5.10 Å². The molecule has 0 spiro atoms. The molecular weight excluding hydrogens is 302 g/mol. The molecular formula is C18H25N5O. The molecule has 2 aromatic heterocycles. The average molecular weight is 327 g/mol. The van der Waals surface area contributed by atoms with Crippen molar-refractivity contribution in [3.8, 4) is 11.4 Å². The predicted octanol–water partition coefficient (Wildman–Crippen LogP) is 2.69. The van der Waals surface area contributed by atoms with Crippen molar-refractivity contribution in [1.82, 2.24) is 25.1 Å². The van der Waals surface area contributed by atoms with Crippen LogP contribution < -0.4 is 0 Å². The summed E-state index contributed by atoms with van der Waals surface area (Å²) in [4.78, 5) is 23.3. The van der Waals surface area contributed by atoms with Gasteiger partial charge in [-0.1, -0.05) is 20.8 Å². The van der Waals surface area contributed by atoms with Crippen molar-refractivity contribution in [3.63, 3.8) is 0 Å². The number of aromatic amines is 1. The zero-order valence-electron chi connectivity index (χ0n) is 14.6. The highest BCUT2D eigenvalue weighted by atomic mass is 16.2. The van der Waals surface area contributed by atoms with E-state index in [4.69, 9.17) is 0 Å². The van der Waals surface area contributed by atoms with Crippen LogP contribution in [0, 0.1) is 11.3 Å². The summed E-state index contributed by atoms with van der Waals surface area (Å²) in [6.07, 6.45) is 8.34. The van der Waals surface area contributed by atoms with Crippen molar-refractivity contribution in [2.45, 2.75) is 40.0 Å². The number of likely N-dealkylation sites (tertiary alicyclic amines) is 1. The Morgan fingerprint density at radius 1 is 1.25 bits per heavy atom. The van der Waals surface area contributed by atoms with Gasteiger partial charge in [-0.15, -0.1) is 0 Å². The Morgan fingerprint density at radius 2 is 2.00 bits per heavy atom. The lowest BCUT2D eigenvalue weighted by atomic mass is 9.89. The van der Waals surface area contributed by atoms with E-state index in [-0.39, 0.29) is 11.3 Å². The molecule has 1 amide bonds. The summed E-state index contributed by atoms with van der Waals surface area (Å²) >= 11 is 0. The van der Waals surface area contributed by atoms with E-state index in [9.17, 15) is 4.79 Å². The number of amides is 1. The number of nitrogens with one attached hydrogen (secondary N) is 1. The Hall–Kier alpha value is -2.24. The minimum atomic E-state index is -0.291. The molecule has 3 heterocycles. The van der Waals surface area contributed by atoms with Crippen LogP contribution in [-0.2, 0) is 11.2 Å². The van der Waals surface area contributed by atoms with Gasteiger partial charge in [-0.05, 0) is 31.2 Å². The molecule has 128 valence electrons. The number of carbonyl (C=O) groups is 1. The second-order valence-electron chi connectivity index (χ2n) is 7.55. The van der Waals surface area contributed by atoms with Gasteiger partial charge in [0, 0.05) is 30.9 Å². The van der Waals surface area contributed by atoms with Crippen LogP contribution in [0.2, 0.25) is 0 Å². The molecule has 1 aliphatic heterocycles. The maximum Gasteiger partial charge on any atom is 0.227 e. The van der Waals surface area contributed by atoms with Gasteiger partial charge in [0.2, 0.25) is 5.91 Å². The number of carbonyl (C=O) groups excluding carboxylic acids is 1. The first-order valence-corrected chi connectivity index (χ1v) is 8.53. The number of hydrogen-bond donors (Lipinski definition) is 1. The van der Waals surface area contributed by atoms with Crippen molar-refractivity contribution < 1.29 is 4.79 Å². The van der Waals surface area contributed by atoms with Crippen LogP contribution in [0.3, 0.4) is 0 Å². The summed E-state index contributed by atoms with van der Waals surface area (Å²) in [5.74, 6) is 0.825. The third kappa shape index (κ3) is 3.80. The van der Waals surface area contributed by atoms with Gasteiger partial charge in [0.25, 0.3) is 0 Å². The lowest BCUT2D eigenvalue weighted by Gasteiger charge is -2.35. The van der Waals surface area contributed by atoms with E-state index in [1.807, 2.05) is 37.9 Å². The summed E-state index contributed by atoms with van der Waals surface area (Å²) in [5.41, 5.74) is 2.41. The van der Waals surface area contributed by atoms with E-state index in [0.29, 0.717) is 5.92 Å². The quantitative estimate of drug-likeness (QED) is 0.940. The highest BCUT2D eigenvalue weighted by Crippen LogP contribution is 2.25. The van der Waals surface area contributed by atoms with Crippen molar-refractivity contribution in [3.05, 3.63) is 30.4 Å². The maximum atomic E-state index is 12.3. The summed E-state index contributed by atoms with van der Waals surface area (Å²) < 4.78 is 0. The van der Waals surface area contributed by atoms with E-state index < -0.39 is 0 Å². The van der Waals surface area contributed by atoms with Gasteiger partial charge in [0.15, 0.2) is 0 Å². The third-order valence-corrected chi connectivity index (χ3v) is 4.52. The van der Waals surface area contributed by atoms with Gasteiger partial charge >= 0.3 is 0 Å². The van der Waals surface area contributed by atoms with Gasteiger partial charge < -0.3 is 4.90 Å². The fraction of sp³-hybridized carbons (Fsp3) is 0.556. The Kier molecular flexibility index (Phi) is 4.64. The fourth-order valence-corrected chi connectivity index (χ4v) is 3.11. The van der Waals surface area contributed by atoms with Crippen LogP contribution in [0.15, 0.2) is 24.7 Å². The van der Waals surface area contributed by atoms with Crippen LogP contribution >= 0.6 is 0 Å². The topological polar surface area (TPSA) is 74.8 Å². The first-order chi connectivity index (χ1) is 11.4. The minimum absolute atomic E-state index is 0.254. The molecule has 0 aromatic carbocycles. The molecule has 0 radical (unpaired) electrons. The standard InChI is InChI=1S/C18H25N5O/c1-18(2,3)17(24)23-8-5-13(6-9-23)10-14-11-20-16(12-19-14)15-4-7-21-22-15/h4,7,11-13H,5-6,8-10H2,1-3H3,(H,21,22). The normalized spacial score (nSPS) is 16.4. The summed E-state index contributed by atoms with van der Waals surface area (Å²) in [6, 6.07) is 1.88. The van der Waals surface area contributed by atoms with E-state index in [2.05, 4.69) is 20.2 Å². The van der Waals surface area contributed by atoms with Gasteiger partial charge in [-0.25, -0.2) is 0 Å². The van der Waals surface area contributed by atoms with Crippen molar-refractivity contribution >= 4 is 5.91 Å². The SMILES string of the molecule is CC(C)(C)C(=O)N1CCC(Cc2cnc(-c3ccn[nH]3)cn2)CC1. The molecule has 0 aliphatic carbocycles. The molecule has 3 rings (SSSR count). The molecule has 24 heavy (non-hydrogen) atoms. The zero-order valence-corrected chi connectivity index (χ0v) is 14.6. The van der Waals surface area contributed by atoms with Crippen molar-refractivity contribution in [2.24, 2.45) is 11.3 Å². The summed E-state index contributed by atoms with van der Waals surface area (Å²) in [7, 11) is 0. The smallest absolute Gasteiger partial charge is 0.227 e. The summed E-state index contributed by atoms with van der Waals surface area (Å²) in [5, 5.41) is 6.82. The first-order valence-electron chi connectivity index (χ1n) is 8.53. The first kappa shape index (κ1) is 16.6.